The SMILES string of the molecule is N#CC(CC(N)=O)NCCCN=[N+]=[N-]. The fraction of sp³-hybridized carbons (Fsp3) is 0.714. The molecule has 7 nitrogen and oxygen atoms in total. The molecule has 3 N–H and O–H groups in total. The van der Waals surface area contributed by atoms with Crippen LogP contribution in [0.15, 0.2) is 5.11 Å². The molecule has 7 heteroatoms. The summed E-state index contributed by atoms with van der Waals surface area (Å²) in [5.41, 5.74) is 12.9. The topological polar surface area (TPSA) is 128 Å². The Morgan fingerprint density at radius 3 is 3.00 bits per heavy atom. The molecule has 0 bridgehead atoms. The predicted molar refractivity (Wildman–Crippen MR) is 49.8 cm³/mol. The van der Waals surface area contributed by atoms with Crippen molar-refractivity contribution in [3.8, 4) is 6.07 Å². The first-order valence-corrected chi connectivity index (χ1v) is 4.13. The Morgan fingerprint density at radius 2 is 2.50 bits per heavy atom. The van der Waals surface area contributed by atoms with Gasteiger partial charge in [0, 0.05) is 11.5 Å². The Morgan fingerprint density at radius 1 is 1.79 bits per heavy atom. The number of azide groups is 1. The molecule has 0 aliphatic heterocycles. The third-order valence-electron chi connectivity index (χ3n) is 1.45. The first-order valence-electron chi connectivity index (χ1n) is 4.13. The van der Waals surface area contributed by atoms with Crippen molar-refractivity contribution in [3.63, 3.8) is 0 Å². The highest BCUT2D eigenvalue weighted by molar-refractivity contribution is 5.74. The molecular formula is C7H12N6O. The van der Waals surface area contributed by atoms with Gasteiger partial charge in [-0.15, -0.1) is 0 Å². The zero-order chi connectivity index (χ0) is 10.8. The van der Waals surface area contributed by atoms with Crippen molar-refractivity contribution in [2.75, 3.05) is 13.1 Å². The van der Waals surface area contributed by atoms with Crippen molar-refractivity contribution >= 4 is 5.91 Å². The van der Waals surface area contributed by atoms with Gasteiger partial charge in [0.1, 0.15) is 6.04 Å². The van der Waals surface area contributed by atoms with E-state index in [4.69, 9.17) is 16.5 Å². The minimum Gasteiger partial charge on any atom is -0.370 e. The van der Waals surface area contributed by atoms with Crippen molar-refractivity contribution in [3.05, 3.63) is 10.4 Å². The normalized spacial score (nSPS) is 11.1. The van der Waals surface area contributed by atoms with Crippen molar-refractivity contribution in [2.24, 2.45) is 10.8 Å². The first kappa shape index (κ1) is 12.2. The van der Waals surface area contributed by atoms with Crippen LogP contribution in [0, 0.1) is 11.3 Å². The summed E-state index contributed by atoms with van der Waals surface area (Å²) < 4.78 is 0. The number of amides is 1. The third-order valence-corrected chi connectivity index (χ3v) is 1.45. The number of carbonyl (C=O) groups is 1. The highest BCUT2D eigenvalue weighted by atomic mass is 16.1. The van der Waals surface area contributed by atoms with Crippen molar-refractivity contribution in [1.82, 2.24) is 5.32 Å². The average Bonchev–Trinajstić information content (AvgIpc) is 2.15. The highest BCUT2D eigenvalue weighted by Crippen LogP contribution is 1.89. The lowest BCUT2D eigenvalue weighted by Crippen LogP contribution is -2.33. The standard InChI is InChI=1S/C7H12N6O/c8-5-6(4-7(9)14)11-2-1-3-12-13-10/h6,11H,1-4H2,(H2,9,14). The van der Waals surface area contributed by atoms with Gasteiger partial charge in [-0.05, 0) is 18.5 Å². The van der Waals surface area contributed by atoms with Crippen LogP contribution >= 0.6 is 0 Å². The largest absolute Gasteiger partial charge is 0.370 e. The molecule has 0 saturated carbocycles. The maximum Gasteiger partial charge on any atom is 0.220 e. The van der Waals surface area contributed by atoms with E-state index in [1.807, 2.05) is 6.07 Å². The summed E-state index contributed by atoms with van der Waals surface area (Å²) in [5, 5.41) is 14.7. The maximum atomic E-state index is 10.5. The van der Waals surface area contributed by atoms with Crippen LogP contribution in [0.25, 0.3) is 10.4 Å². The molecule has 1 atom stereocenters. The monoisotopic (exact) mass is 196 g/mol. The molecule has 1 amide bonds. The van der Waals surface area contributed by atoms with Crippen molar-refractivity contribution in [1.29, 1.82) is 5.26 Å². The van der Waals surface area contributed by atoms with Gasteiger partial charge in [0.15, 0.2) is 0 Å². The van der Waals surface area contributed by atoms with Gasteiger partial charge in [-0.3, -0.25) is 4.79 Å². The lowest BCUT2D eigenvalue weighted by Gasteiger charge is -2.07. The third kappa shape index (κ3) is 6.91. The molecule has 0 rings (SSSR count). The lowest BCUT2D eigenvalue weighted by molar-refractivity contribution is -0.118. The van der Waals surface area contributed by atoms with E-state index in [2.05, 4.69) is 15.3 Å². The number of rotatable bonds is 7. The second kappa shape index (κ2) is 7.86. The molecular weight excluding hydrogens is 184 g/mol. The van der Waals surface area contributed by atoms with E-state index in [0.717, 1.165) is 0 Å². The van der Waals surface area contributed by atoms with Gasteiger partial charge >= 0.3 is 0 Å². The Hall–Kier alpha value is -1.77. The van der Waals surface area contributed by atoms with E-state index >= 15 is 0 Å². The van der Waals surface area contributed by atoms with Crippen molar-refractivity contribution < 1.29 is 4.79 Å². The molecule has 0 spiro atoms. The molecule has 0 aliphatic rings. The summed E-state index contributed by atoms with van der Waals surface area (Å²) in [6, 6.07) is 1.35. The Labute approximate surface area is 81.5 Å². The number of hydrogen-bond donors (Lipinski definition) is 2. The molecule has 0 aromatic rings. The van der Waals surface area contributed by atoms with Crippen LogP contribution in [-0.4, -0.2) is 25.0 Å². The molecule has 0 aromatic carbocycles. The lowest BCUT2D eigenvalue weighted by atomic mass is 10.2. The summed E-state index contributed by atoms with van der Waals surface area (Å²) in [4.78, 5) is 13.0. The van der Waals surface area contributed by atoms with Crippen LogP contribution in [-0.2, 0) is 4.79 Å². The van der Waals surface area contributed by atoms with Crippen LogP contribution in [0.3, 0.4) is 0 Å². The Kier molecular flexibility index (Phi) is 6.86. The zero-order valence-corrected chi connectivity index (χ0v) is 7.68. The molecule has 14 heavy (non-hydrogen) atoms. The summed E-state index contributed by atoms with van der Waals surface area (Å²) in [6.07, 6.45) is 0.624. The number of nitrogens with zero attached hydrogens (tertiary/aromatic N) is 4. The van der Waals surface area contributed by atoms with Gasteiger partial charge < -0.3 is 11.1 Å². The number of nitrogens with one attached hydrogen (secondary N) is 1. The van der Waals surface area contributed by atoms with Crippen LogP contribution in [0.4, 0.5) is 0 Å². The average molecular weight is 196 g/mol. The highest BCUT2D eigenvalue weighted by Gasteiger charge is 2.08. The van der Waals surface area contributed by atoms with E-state index in [1.54, 1.807) is 0 Å². The molecule has 1 unspecified atom stereocenters. The zero-order valence-electron chi connectivity index (χ0n) is 7.68. The van der Waals surface area contributed by atoms with E-state index in [-0.39, 0.29) is 6.42 Å². The van der Waals surface area contributed by atoms with Gasteiger partial charge in [0.2, 0.25) is 5.91 Å². The summed E-state index contributed by atoms with van der Waals surface area (Å²) in [6.45, 7) is 0.892. The molecule has 0 fully saturated rings. The van der Waals surface area contributed by atoms with Crippen molar-refractivity contribution in [2.45, 2.75) is 18.9 Å². The molecule has 76 valence electrons. The minimum atomic E-state index is -0.557. The maximum absolute atomic E-state index is 10.5. The molecule has 0 aromatic heterocycles. The Balaban J connectivity index is 3.58. The summed E-state index contributed by atoms with van der Waals surface area (Å²) >= 11 is 0. The van der Waals surface area contributed by atoms with Gasteiger partial charge in [0.25, 0.3) is 0 Å². The van der Waals surface area contributed by atoms with Gasteiger partial charge in [-0.1, -0.05) is 5.11 Å². The molecule has 0 saturated heterocycles. The van der Waals surface area contributed by atoms with Gasteiger partial charge in [0.05, 0.1) is 12.5 Å². The molecule has 0 heterocycles. The number of carbonyl (C=O) groups excluding carboxylic acids is 1. The molecule has 0 aliphatic carbocycles. The first-order chi connectivity index (χ1) is 6.70. The number of primary amides is 1. The number of nitrogens with two attached hydrogens (primary N) is 1. The second-order valence-corrected chi connectivity index (χ2v) is 2.61. The van der Waals surface area contributed by atoms with Crippen LogP contribution in [0.2, 0.25) is 0 Å². The minimum absolute atomic E-state index is 0.00197. The fourth-order valence-corrected chi connectivity index (χ4v) is 0.835. The Bertz CT molecular complexity index is 264. The number of nitriles is 1. The van der Waals surface area contributed by atoms with Crippen LogP contribution in [0.5, 0.6) is 0 Å². The predicted octanol–water partition coefficient (Wildman–Crippen LogP) is 0.0440. The van der Waals surface area contributed by atoms with E-state index in [0.29, 0.717) is 19.5 Å². The fourth-order valence-electron chi connectivity index (χ4n) is 0.835. The van der Waals surface area contributed by atoms with E-state index < -0.39 is 11.9 Å². The molecule has 0 radical (unpaired) electrons. The quantitative estimate of drug-likeness (QED) is 0.258. The summed E-state index contributed by atoms with van der Waals surface area (Å²) in [7, 11) is 0. The second-order valence-electron chi connectivity index (χ2n) is 2.61. The van der Waals surface area contributed by atoms with E-state index in [1.165, 1.54) is 0 Å². The smallest absolute Gasteiger partial charge is 0.220 e. The van der Waals surface area contributed by atoms with Gasteiger partial charge in [-0.25, -0.2) is 0 Å². The van der Waals surface area contributed by atoms with Crippen LogP contribution in [0.1, 0.15) is 12.8 Å². The van der Waals surface area contributed by atoms with E-state index in [9.17, 15) is 4.79 Å². The summed E-state index contributed by atoms with van der Waals surface area (Å²) in [5.74, 6) is -0.515. The van der Waals surface area contributed by atoms with Gasteiger partial charge in [-0.2, -0.15) is 5.26 Å². The van der Waals surface area contributed by atoms with Crippen LogP contribution < -0.4 is 11.1 Å². The number of hydrogen-bond acceptors (Lipinski definition) is 4.